The molecule has 0 amide bonds. The van der Waals surface area contributed by atoms with Gasteiger partial charge in [0, 0.05) is 22.3 Å². The van der Waals surface area contributed by atoms with Gasteiger partial charge in [-0.1, -0.05) is 154 Å². The summed E-state index contributed by atoms with van der Waals surface area (Å²) in [6.45, 7) is 6.88. The molecule has 3 aliphatic rings. The van der Waals surface area contributed by atoms with Gasteiger partial charge in [-0.25, -0.2) is 0 Å². The zero-order chi connectivity index (χ0) is 39.9. The summed E-state index contributed by atoms with van der Waals surface area (Å²) in [7, 11) is 0. The van der Waals surface area contributed by atoms with Gasteiger partial charge in [0.2, 0.25) is 0 Å². The molecule has 1 aromatic heterocycles. The highest BCUT2D eigenvalue weighted by Gasteiger charge is 2.53. The first-order valence-corrected chi connectivity index (χ1v) is 21.6. The van der Waals surface area contributed by atoms with Crippen LogP contribution in [0, 0.1) is 0 Å². The zero-order valence-corrected chi connectivity index (χ0v) is 34.1. The Kier molecular flexibility index (Phi) is 6.85. The van der Waals surface area contributed by atoms with Gasteiger partial charge in [0.05, 0.1) is 16.5 Å². The van der Waals surface area contributed by atoms with Crippen molar-refractivity contribution in [2.75, 3.05) is 4.90 Å². The molecule has 9 aromatic carbocycles. The molecule has 3 aliphatic carbocycles. The third-order valence-corrected chi connectivity index (χ3v) is 14.1. The minimum Gasteiger partial charge on any atom is -0.455 e. The van der Waals surface area contributed by atoms with Crippen molar-refractivity contribution in [3.05, 3.63) is 209 Å². The molecular weight excluding hydrogens is 727 g/mol. The third kappa shape index (κ3) is 4.43. The molecule has 60 heavy (non-hydrogen) atoms. The molecule has 0 N–H and O–H groups in total. The highest BCUT2D eigenvalue weighted by atomic mass is 16.3. The standard InChI is InChI=1S/C58H43NO/c1-57(2,3)39-27-30-40(31-28-39)59(41-29-25-35-14-12-15-38(35)33-41)50-34-49-54(56-55(50)45-19-8-11-22-51(45)60-56)44-18-7-10-21-47(44)58(49)46-20-9-6-17-43(46)53-48(58)32-26-37-24-23-36-13-4-5-16-42(36)52(37)53/h4-11,13,16-34H,12,14-15H2,1-3H3. The van der Waals surface area contributed by atoms with Gasteiger partial charge < -0.3 is 9.32 Å². The van der Waals surface area contributed by atoms with E-state index in [1.165, 1.54) is 94.9 Å². The molecule has 0 saturated carbocycles. The lowest BCUT2D eigenvalue weighted by atomic mass is 9.70. The molecule has 1 heterocycles. The topological polar surface area (TPSA) is 16.4 Å². The van der Waals surface area contributed by atoms with Crippen LogP contribution in [0.1, 0.15) is 66.1 Å². The Hall–Kier alpha value is -6.90. The van der Waals surface area contributed by atoms with E-state index in [0.717, 1.165) is 46.2 Å². The molecule has 2 nitrogen and oxygen atoms in total. The van der Waals surface area contributed by atoms with Crippen molar-refractivity contribution < 1.29 is 4.42 Å². The van der Waals surface area contributed by atoms with Crippen molar-refractivity contribution in [2.24, 2.45) is 0 Å². The van der Waals surface area contributed by atoms with E-state index in [1.807, 2.05) is 0 Å². The third-order valence-electron chi connectivity index (χ3n) is 14.1. The molecule has 286 valence electrons. The summed E-state index contributed by atoms with van der Waals surface area (Å²) in [6, 6.07) is 64.3. The van der Waals surface area contributed by atoms with Crippen LogP contribution in [0.5, 0.6) is 0 Å². The summed E-state index contributed by atoms with van der Waals surface area (Å²) in [5.74, 6) is 0. The van der Waals surface area contributed by atoms with Crippen molar-refractivity contribution in [3.8, 4) is 22.3 Å². The molecular formula is C58H43NO. The van der Waals surface area contributed by atoms with Gasteiger partial charge in [-0.05, 0) is 138 Å². The van der Waals surface area contributed by atoms with Crippen LogP contribution in [-0.4, -0.2) is 0 Å². The molecule has 10 aromatic rings. The number of rotatable bonds is 3. The van der Waals surface area contributed by atoms with Gasteiger partial charge in [0.25, 0.3) is 0 Å². The van der Waals surface area contributed by atoms with Crippen LogP contribution in [0.25, 0.3) is 65.7 Å². The van der Waals surface area contributed by atoms with Crippen LogP contribution in [0.4, 0.5) is 17.1 Å². The summed E-state index contributed by atoms with van der Waals surface area (Å²) in [5.41, 5.74) is 19.3. The maximum Gasteiger partial charge on any atom is 0.145 e. The monoisotopic (exact) mass is 769 g/mol. The summed E-state index contributed by atoms with van der Waals surface area (Å²) in [6.07, 6.45) is 3.47. The van der Waals surface area contributed by atoms with Gasteiger partial charge in [0.15, 0.2) is 0 Å². The summed E-state index contributed by atoms with van der Waals surface area (Å²) in [4.78, 5) is 2.53. The first kappa shape index (κ1) is 34.0. The van der Waals surface area contributed by atoms with Crippen LogP contribution >= 0.6 is 0 Å². The Balaban J connectivity index is 1.20. The fraction of sp³-hybridized carbons (Fsp3) is 0.138. The highest BCUT2D eigenvalue weighted by Crippen LogP contribution is 2.66. The number of hydrogen-bond donors (Lipinski definition) is 0. The average Bonchev–Trinajstić information content (AvgIpc) is 4.05. The first-order chi connectivity index (χ1) is 29.4. The number of nitrogens with zero attached hydrogens (tertiary/aromatic N) is 1. The summed E-state index contributed by atoms with van der Waals surface area (Å²) in [5, 5.41) is 7.42. The van der Waals surface area contributed by atoms with E-state index in [9.17, 15) is 0 Å². The second-order valence-corrected chi connectivity index (χ2v) is 18.3. The predicted molar refractivity (Wildman–Crippen MR) is 250 cm³/mol. The maximum absolute atomic E-state index is 7.23. The van der Waals surface area contributed by atoms with E-state index >= 15 is 0 Å². The van der Waals surface area contributed by atoms with Crippen molar-refractivity contribution in [1.82, 2.24) is 0 Å². The van der Waals surface area contributed by atoms with E-state index in [0.29, 0.717) is 0 Å². The van der Waals surface area contributed by atoms with Crippen LogP contribution in [-0.2, 0) is 23.7 Å². The Labute approximate surface area is 350 Å². The molecule has 1 atom stereocenters. The largest absolute Gasteiger partial charge is 0.455 e. The van der Waals surface area contributed by atoms with E-state index < -0.39 is 5.41 Å². The number of hydrogen-bond acceptors (Lipinski definition) is 2. The summed E-state index contributed by atoms with van der Waals surface area (Å²) < 4.78 is 7.23. The fourth-order valence-corrected chi connectivity index (χ4v) is 11.5. The van der Waals surface area contributed by atoms with Crippen LogP contribution in [0.3, 0.4) is 0 Å². The van der Waals surface area contributed by atoms with Gasteiger partial charge in [-0.2, -0.15) is 0 Å². The number of furan rings is 1. The number of fused-ring (bicyclic) bond motifs is 19. The lowest BCUT2D eigenvalue weighted by molar-refractivity contribution is 0.590. The van der Waals surface area contributed by atoms with Crippen LogP contribution in [0.15, 0.2) is 174 Å². The van der Waals surface area contributed by atoms with Crippen molar-refractivity contribution in [1.29, 1.82) is 0 Å². The Morgan fingerprint density at radius 3 is 1.95 bits per heavy atom. The SMILES string of the molecule is CC(C)(C)c1ccc(N(c2ccc3c(c2)CCC3)c2cc3c(c4oc5ccccc5c24)-c2ccccc2C32c3ccccc3-c3c2ccc2ccc4ccccc4c32)cc1. The van der Waals surface area contributed by atoms with Crippen LogP contribution in [0.2, 0.25) is 0 Å². The Bertz CT molecular complexity index is 3450. The van der Waals surface area contributed by atoms with Gasteiger partial charge >= 0.3 is 0 Å². The number of para-hydroxylation sites is 1. The number of benzene rings is 9. The van der Waals surface area contributed by atoms with Crippen molar-refractivity contribution in [2.45, 2.75) is 50.9 Å². The maximum atomic E-state index is 7.23. The lowest BCUT2D eigenvalue weighted by Crippen LogP contribution is -2.26. The highest BCUT2D eigenvalue weighted by molar-refractivity contribution is 6.21. The molecule has 0 saturated heterocycles. The Morgan fingerprint density at radius 1 is 0.500 bits per heavy atom. The predicted octanol–water partition coefficient (Wildman–Crippen LogP) is 15.5. The molecule has 0 radical (unpaired) electrons. The number of aryl methyl sites for hydroxylation is 2. The Morgan fingerprint density at radius 2 is 1.15 bits per heavy atom. The van der Waals surface area contributed by atoms with Crippen LogP contribution < -0.4 is 4.90 Å². The fourth-order valence-electron chi connectivity index (χ4n) is 11.5. The number of anilines is 3. The molecule has 0 bridgehead atoms. The molecule has 0 aliphatic heterocycles. The molecule has 2 heteroatoms. The molecule has 1 spiro atoms. The van der Waals surface area contributed by atoms with Crippen molar-refractivity contribution in [3.63, 3.8) is 0 Å². The second-order valence-electron chi connectivity index (χ2n) is 18.3. The van der Waals surface area contributed by atoms with Gasteiger partial charge in [-0.3, -0.25) is 0 Å². The average molecular weight is 770 g/mol. The first-order valence-electron chi connectivity index (χ1n) is 21.6. The van der Waals surface area contributed by atoms with Gasteiger partial charge in [-0.15, -0.1) is 0 Å². The molecule has 0 fully saturated rings. The quantitative estimate of drug-likeness (QED) is 0.166. The lowest BCUT2D eigenvalue weighted by Gasteiger charge is -2.33. The molecule has 1 unspecified atom stereocenters. The van der Waals surface area contributed by atoms with E-state index in [1.54, 1.807) is 0 Å². The van der Waals surface area contributed by atoms with Gasteiger partial charge in [0.1, 0.15) is 11.2 Å². The summed E-state index contributed by atoms with van der Waals surface area (Å²) >= 11 is 0. The van der Waals surface area contributed by atoms with E-state index in [-0.39, 0.29) is 5.41 Å². The smallest absolute Gasteiger partial charge is 0.145 e. The molecule has 13 rings (SSSR count). The van der Waals surface area contributed by atoms with Crippen molar-refractivity contribution >= 4 is 60.5 Å². The zero-order valence-electron chi connectivity index (χ0n) is 34.1. The second kappa shape index (κ2) is 12.1. The minimum atomic E-state index is -0.579. The normalized spacial score (nSPS) is 16.1. The van der Waals surface area contributed by atoms with E-state index in [4.69, 9.17) is 4.42 Å². The van der Waals surface area contributed by atoms with E-state index in [2.05, 4.69) is 196 Å². The minimum absolute atomic E-state index is 0.0371.